The maximum Gasteiger partial charge on any atom is 0.253 e. The topological polar surface area (TPSA) is 41.4 Å². The van der Waals surface area contributed by atoms with Gasteiger partial charge in [-0.2, -0.15) is 5.10 Å². The normalized spacial score (nSPS) is 16.0. The van der Waals surface area contributed by atoms with Crippen LogP contribution in [0, 0.1) is 0 Å². The Kier molecular flexibility index (Phi) is 5.18. The lowest BCUT2D eigenvalue weighted by atomic mass is 10.0. The Morgan fingerprint density at radius 2 is 1.75 bits per heavy atom. The highest BCUT2D eigenvalue weighted by molar-refractivity contribution is 5.94. The van der Waals surface area contributed by atoms with Crippen molar-refractivity contribution < 1.29 is 4.79 Å². The number of piperidine rings is 1. The number of fused-ring (bicyclic) bond motifs is 1. The lowest BCUT2D eigenvalue weighted by molar-refractivity contribution is 0.0615. The molecule has 2 aromatic carbocycles. The average Bonchev–Trinajstić information content (AvgIpc) is 3.17. The van der Waals surface area contributed by atoms with Crippen LogP contribution in [0.1, 0.15) is 37.0 Å². The van der Waals surface area contributed by atoms with Gasteiger partial charge in [0.2, 0.25) is 0 Å². The summed E-state index contributed by atoms with van der Waals surface area (Å²) in [6.45, 7) is 6.59. The third-order valence-electron chi connectivity index (χ3n) is 5.89. The van der Waals surface area contributed by atoms with Gasteiger partial charge in [-0.05, 0) is 57.0 Å². The number of carbonyl (C=O) groups is 1. The van der Waals surface area contributed by atoms with Crippen molar-refractivity contribution in [2.75, 3.05) is 20.1 Å². The van der Waals surface area contributed by atoms with Gasteiger partial charge in [-0.1, -0.05) is 18.2 Å². The molecule has 28 heavy (non-hydrogen) atoms. The molecule has 1 aromatic heterocycles. The second-order valence-corrected chi connectivity index (χ2v) is 7.96. The number of hydrogen-bond acceptors (Lipinski definition) is 3. The highest BCUT2D eigenvalue weighted by Crippen LogP contribution is 2.20. The predicted molar refractivity (Wildman–Crippen MR) is 113 cm³/mol. The molecule has 1 aliphatic heterocycles. The Balaban J connectivity index is 1.45. The third kappa shape index (κ3) is 3.67. The molecule has 5 nitrogen and oxygen atoms in total. The van der Waals surface area contributed by atoms with Crippen molar-refractivity contribution in [1.82, 2.24) is 19.6 Å². The zero-order chi connectivity index (χ0) is 19.7. The lowest BCUT2D eigenvalue weighted by Crippen LogP contribution is -2.47. The van der Waals surface area contributed by atoms with Crippen LogP contribution in [0.5, 0.6) is 0 Å². The Morgan fingerprint density at radius 3 is 2.39 bits per heavy atom. The minimum Gasteiger partial charge on any atom is -0.339 e. The first kappa shape index (κ1) is 18.7. The third-order valence-corrected chi connectivity index (χ3v) is 5.89. The van der Waals surface area contributed by atoms with E-state index in [1.807, 2.05) is 65.3 Å². The summed E-state index contributed by atoms with van der Waals surface area (Å²) in [4.78, 5) is 17.3. The van der Waals surface area contributed by atoms with Crippen molar-refractivity contribution in [3.63, 3.8) is 0 Å². The first-order valence-corrected chi connectivity index (χ1v) is 10.1. The van der Waals surface area contributed by atoms with E-state index in [0.29, 0.717) is 12.1 Å². The van der Waals surface area contributed by atoms with Crippen LogP contribution in [0.4, 0.5) is 0 Å². The Bertz CT molecular complexity index is 919. The molecular formula is C23H28N4O. The number of benzene rings is 2. The maximum absolute atomic E-state index is 12.9. The second-order valence-electron chi connectivity index (χ2n) is 7.96. The van der Waals surface area contributed by atoms with Crippen molar-refractivity contribution in [2.45, 2.75) is 38.8 Å². The van der Waals surface area contributed by atoms with Crippen molar-refractivity contribution in [2.24, 2.45) is 0 Å². The molecule has 1 fully saturated rings. The van der Waals surface area contributed by atoms with Gasteiger partial charge in [-0.3, -0.25) is 4.79 Å². The van der Waals surface area contributed by atoms with Gasteiger partial charge in [-0.25, -0.2) is 4.68 Å². The van der Waals surface area contributed by atoms with E-state index >= 15 is 0 Å². The molecule has 0 spiro atoms. The Morgan fingerprint density at radius 1 is 1.07 bits per heavy atom. The molecule has 146 valence electrons. The van der Waals surface area contributed by atoms with E-state index in [-0.39, 0.29) is 5.91 Å². The van der Waals surface area contributed by atoms with Gasteiger partial charge >= 0.3 is 0 Å². The molecule has 1 aliphatic rings. The minimum atomic E-state index is 0.0974. The molecular weight excluding hydrogens is 348 g/mol. The molecule has 1 saturated heterocycles. The molecule has 0 radical (unpaired) electrons. The van der Waals surface area contributed by atoms with Crippen molar-refractivity contribution in [1.29, 1.82) is 0 Å². The summed E-state index contributed by atoms with van der Waals surface area (Å²) < 4.78 is 1.87. The molecule has 2 heterocycles. The molecule has 0 bridgehead atoms. The van der Waals surface area contributed by atoms with Gasteiger partial charge in [0.25, 0.3) is 5.91 Å². The summed E-state index contributed by atoms with van der Waals surface area (Å²) in [6, 6.07) is 16.7. The highest BCUT2D eigenvalue weighted by atomic mass is 16.2. The van der Waals surface area contributed by atoms with Crippen molar-refractivity contribution in [3.8, 4) is 5.69 Å². The predicted octanol–water partition coefficient (Wildman–Crippen LogP) is 3.97. The molecule has 5 heteroatoms. The maximum atomic E-state index is 12.9. The lowest BCUT2D eigenvalue weighted by Gasteiger charge is -2.38. The monoisotopic (exact) mass is 376 g/mol. The number of carbonyl (C=O) groups excluding carboxylic acids is 1. The number of likely N-dealkylation sites (tertiary alicyclic amines) is 1. The van der Waals surface area contributed by atoms with Gasteiger partial charge in [-0.15, -0.1) is 0 Å². The number of nitrogens with zero attached hydrogens (tertiary/aromatic N) is 4. The number of rotatable bonds is 4. The van der Waals surface area contributed by atoms with Crippen LogP contribution in [-0.2, 0) is 0 Å². The fourth-order valence-corrected chi connectivity index (χ4v) is 4.01. The van der Waals surface area contributed by atoms with E-state index in [9.17, 15) is 4.79 Å². The van der Waals surface area contributed by atoms with Crippen molar-refractivity contribution in [3.05, 3.63) is 60.3 Å². The summed E-state index contributed by atoms with van der Waals surface area (Å²) in [7, 11) is 1.94. The molecule has 0 unspecified atom stereocenters. The van der Waals surface area contributed by atoms with E-state index in [2.05, 4.69) is 29.9 Å². The van der Waals surface area contributed by atoms with Gasteiger partial charge in [0.05, 0.1) is 11.2 Å². The highest BCUT2D eigenvalue weighted by Gasteiger charge is 2.26. The number of hydrogen-bond donors (Lipinski definition) is 0. The molecule has 4 rings (SSSR count). The minimum absolute atomic E-state index is 0.0974. The van der Waals surface area contributed by atoms with Gasteiger partial charge in [0.1, 0.15) is 0 Å². The van der Waals surface area contributed by atoms with Crippen LogP contribution >= 0.6 is 0 Å². The molecule has 3 aromatic rings. The van der Waals surface area contributed by atoms with Crippen LogP contribution in [0.2, 0.25) is 0 Å². The van der Waals surface area contributed by atoms with Crippen LogP contribution in [0.15, 0.2) is 54.7 Å². The zero-order valence-corrected chi connectivity index (χ0v) is 16.9. The molecule has 0 atom stereocenters. The molecule has 0 aliphatic carbocycles. The number of aromatic nitrogens is 2. The van der Waals surface area contributed by atoms with Crippen molar-refractivity contribution >= 4 is 16.8 Å². The smallest absolute Gasteiger partial charge is 0.253 e. The Labute approximate surface area is 166 Å². The van der Waals surface area contributed by atoms with E-state index in [1.54, 1.807) is 0 Å². The molecule has 1 amide bonds. The summed E-state index contributed by atoms with van der Waals surface area (Å²) in [5.41, 5.74) is 2.66. The van der Waals surface area contributed by atoms with Crippen LogP contribution < -0.4 is 0 Å². The van der Waals surface area contributed by atoms with Crippen LogP contribution in [-0.4, -0.2) is 57.7 Å². The summed E-state index contributed by atoms with van der Waals surface area (Å²) in [5.74, 6) is 0.0974. The fraction of sp³-hybridized carbons (Fsp3) is 0.391. The Hall–Kier alpha value is -2.66. The van der Waals surface area contributed by atoms with Gasteiger partial charge in [0, 0.05) is 49.4 Å². The molecule has 0 N–H and O–H groups in total. The summed E-state index contributed by atoms with van der Waals surface area (Å²) in [6.07, 6.45) is 4.09. The van der Waals surface area contributed by atoms with Crippen LogP contribution in [0.25, 0.3) is 16.6 Å². The summed E-state index contributed by atoms with van der Waals surface area (Å²) >= 11 is 0. The zero-order valence-electron chi connectivity index (χ0n) is 16.9. The average molecular weight is 377 g/mol. The van der Waals surface area contributed by atoms with Gasteiger partial charge in [0.15, 0.2) is 0 Å². The van der Waals surface area contributed by atoms with E-state index in [1.165, 1.54) is 0 Å². The SMILES string of the molecule is CC(C)N1CCC(N(C)C(=O)c2ccc(-n3cc4ccccc4n3)cc2)CC1. The van der Waals surface area contributed by atoms with E-state index in [4.69, 9.17) is 0 Å². The van der Waals surface area contributed by atoms with E-state index in [0.717, 1.165) is 48.1 Å². The second kappa shape index (κ2) is 7.76. The number of amides is 1. The quantitative estimate of drug-likeness (QED) is 0.692. The van der Waals surface area contributed by atoms with Crippen LogP contribution in [0.3, 0.4) is 0 Å². The standard InChI is InChI=1S/C23H28N4O/c1-17(2)26-14-12-20(13-15-26)25(3)23(28)18-8-10-21(11-9-18)27-16-19-6-4-5-7-22(19)24-27/h4-11,16-17,20H,12-15H2,1-3H3. The summed E-state index contributed by atoms with van der Waals surface area (Å²) in [5, 5.41) is 5.71. The first-order valence-electron chi connectivity index (χ1n) is 10.1. The largest absolute Gasteiger partial charge is 0.339 e. The van der Waals surface area contributed by atoms with Gasteiger partial charge < -0.3 is 9.80 Å². The van der Waals surface area contributed by atoms with E-state index < -0.39 is 0 Å². The first-order chi connectivity index (χ1) is 13.5. The fourth-order valence-electron chi connectivity index (χ4n) is 4.01. The molecule has 0 saturated carbocycles.